The van der Waals surface area contributed by atoms with Crippen molar-refractivity contribution < 1.29 is 14.3 Å². The van der Waals surface area contributed by atoms with Crippen LogP contribution in [0.1, 0.15) is 79.6 Å². The zero-order chi connectivity index (χ0) is 31.4. The SMILES string of the molecule is C=C(/C=C\C=C/C)CCOC(=O)/C(SC(=C)SCC/C=C\C/C=C\C)=C(\C)CCCC(C)/C=C/C=C(\C/C=C\C)OC. The van der Waals surface area contributed by atoms with Gasteiger partial charge in [-0.3, -0.25) is 0 Å². The maximum Gasteiger partial charge on any atom is 0.344 e. The standard InChI is InChI=1S/C37H54O3S2/c1-9-12-15-16-17-19-30-41-34(7)42-36(37(38)40-29-28-32(5)22-18-13-10-2)33(6)25-20-23-31(4)24-21-27-35(39-8)26-14-11-3/h9-14,16-18,21-22,24,27,31H,5,7,15,19-20,23,25-26,28-30H2,1-4,6,8H3/b12-9-,13-10-,14-11-,17-16-,22-18-,24-21+,35-27+,36-33-. The molecule has 0 aromatic carbocycles. The maximum atomic E-state index is 13.2. The number of esters is 1. The molecule has 232 valence electrons. The molecule has 0 rings (SSSR count). The molecule has 0 aromatic rings. The minimum atomic E-state index is -0.276. The Labute approximate surface area is 266 Å². The summed E-state index contributed by atoms with van der Waals surface area (Å²) in [4.78, 5) is 13.8. The lowest BCUT2D eigenvalue weighted by Gasteiger charge is -2.14. The second kappa shape index (κ2) is 27.2. The van der Waals surface area contributed by atoms with Crippen molar-refractivity contribution in [1.29, 1.82) is 0 Å². The number of carbonyl (C=O) groups is 1. The third-order valence-corrected chi connectivity index (χ3v) is 8.37. The number of ether oxygens (including phenoxy) is 2. The van der Waals surface area contributed by atoms with Gasteiger partial charge in [0.25, 0.3) is 0 Å². The van der Waals surface area contributed by atoms with Crippen molar-refractivity contribution in [2.24, 2.45) is 5.92 Å². The molecule has 0 fully saturated rings. The summed E-state index contributed by atoms with van der Waals surface area (Å²) in [6, 6.07) is 0. The van der Waals surface area contributed by atoms with E-state index in [1.807, 2.05) is 64.2 Å². The second-order valence-corrected chi connectivity index (χ2v) is 12.3. The minimum Gasteiger partial charge on any atom is -0.501 e. The number of thioether (sulfide) groups is 2. The summed E-state index contributed by atoms with van der Waals surface area (Å²) in [5, 5.41) is 0. The van der Waals surface area contributed by atoms with Crippen molar-refractivity contribution in [1.82, 2.24) is 0 Å². The van der Waals surface area contributed by atoms with Crippen LogP contribution in [-0.2, 0) is 14.3 Å². The molecule has 0 aliphatic rings. The van der Waals surface area contributed by atoms with Gasteiger partial charge < -0.3 is 9.47 Å². The number of hydrogen-bond donors (Lipinski definition) is 0. The smallest absolute Gasteiger partial charge is 0.344 e. The summed E-state index contributed by atoms with van der Waals surface area (Å²) in [5.74, 6) is 2.01. The predicted molar refractivity (Wildman–Crippen MR) is 190 cm³/mol. The van der Waals surface area contributed by atoms with Crippen LogP contribution in [0.3, 0.4) is 0 Å². The normalized spacial score (nSPS) is 14.2. The first-order valence-corrected chi connectivity index (χ1v) is 16.7. The Morgan fingerprint density at radius 3 is 2.40 bits per heavy atom. The van der Waals surface area contributed by atoms with Crippen LogP contribution in [0.25, 0.3) is 0 Å². The molecule has 1 atom stereocenters. The fraction of sp³-hybridized carbons (Fsp3) is 0.432. The number of carbonyl (C=O) groups excluding carboxylic acids is 1. The van der Waals surface area contributed by atoms with Crippen molar-refractivity contribution in [3.05, 3.63) is 118 Å². The average Bonchev–Trinajstić information content (AvgIpc) is 2.97. The zero-order valence-corrected chi connectivity index (χ0v) is 28.5. The summed E-state index contributed by atoms with van der Waals surface area (Å²) in [7, 11) is 1.71. The average molecular weight is 611 g/mol. The van der Waals surface area contributed by atoms with Gasteiger partial charge >= 0.3 is 5.97 Å². The van der Waals surface area contributed by atoms with Gasteiger partial charge in [0.05, 0.1) is 24.4 Å². The molecule has 3 nitrogen and oxygen atoms in total. The van der Waals surface area contributed by atoms with Crippen LogP contribution in [0, 0.1) is 5.92 Å². The summed E-state index contributed by atoms with van der Waals surface area (Å²) < 4.78 is 12.0. The van der Waals surface area contributed by atoms with Crippen LogP contribution in [0.5, 0.6) is 0 Å². The summed E-state index contributed by atoms with van der Waals surface area (Å²) in [6.45, 7) is 18.8. The van der Waals surface area contributed by atoms with E-state index in [9.17, 15) is 4.79 Å². The van der Waals surface area contributed by atoms with Crippen LogP contribution < -0.4 is 0 Å². The predicted octanol–water partition coefficient (Wildman–Crippen LogP) is 11.6. The quantitative estimate of drug-likeness (QED) is 0.0287. The Hall–Kier alpha value is -2.63. The van der Waals surface area contributed by atoms with E-state index in [1.165, 1.54) is 11.8 Å². The Bertz CT molecular complexity index is 1040. The largest absolute Gasteiger partial charge is 0.501 e. The third-order valence-electron chi connectivity index (χ3n) is 6.05. The Morgan fingerprint density at radius 1 is 0.952 bits per heavy atom. The van der Waals surface area contributed by atoms with Crippen LogP contribution in [0.4, 0.5) is 0 Å². The molecule has 0 radical (unpaired) electrons. The Balaban J connectivity index is 5.21. The monoisotopic (exact) mass is 610 g/mol. The van der Waals surface area contributed by atoms with Gasteiger partial charge in [0.2, 0.25) is 0 Å². The maximum absolute atomic E-state index is 13.2. The first kappa shape index (κ1) is 39.4. The summed E-state index contributed by atoms with van der Waals surface area (Å²) in [5.41, 5.74) is 1.98. The lowest BCUT2D eigenvalue weighted by atomic mass is 10.0. The molecule has 0 amide bonds. The third kappa shape index (κ3) is 22.0. The van der Waals surface area contributed by atoms with Gasteiger partial charge in [0, 0.05) is 22.8 Å². The Kier molecular flexibility index (Phi) is 25.5. The van der Waals surface area contributed by atoms with E-state index in [2.05, 4.69) is 62.6 Å². The molecule has 0 saturated heterocycles. The number of hydrogen-bond acceptors (Lipinski definition) is 5. The van der Waals surface area contributed by atoms with E-state index in [-0.39, 0.29) is 5.97 Å². The number of allylic oxidation sites excluding steroid dienone is 14. The van der Waals surface area contributed by atoms with Crippen LogP contribution in [0.2, 0.25) is 0 Å². The highest BCUT2D eigenvalue weighted by atomic mass is 32.2. The zero-order valence-electron chi connectivity index (χ0n) is 26.9. The van der Waals surface area contributed by atoms with E-state index in [1.54, 1.807) is 18.9 Å². The molecule has 1 unspecified atom stereocenters. The lowest BCUT2D eigenvalue weighted by molar-refractivity contribution is -0.138. The van der Waals surface area contributed by atoms with Crippen LogP contribution in [-0.4, -0.2) is 25.4 Å². The van der Waals surface area contributed by atoms with E-state index in [4.69, 9.17) is 9.47 Å². The van der Waals surface area contributed by atoms with Gasteiger partial charge in [0.15, 0.2) is 0 Å². The van der Waals surface area contributed by atoms with E-state index < -0.39 is 0 Å². The van der Waals surface area contributed by atoms with E-state index >= 15 is 0 Å². The molecular weight excluding hydrogens is 557 g/mol. The van der Waals surface area contributed by atoms with E-state index in [0.717, 1.165) is 65.4 Å². The molecule has 0 aromatic heterocycles. The molecule has 0 saturated carbocycles. The van der Waals surface area contributed by atoms with Gasteiger partial charge in [-0.15, -0.1) is 11.8 Å². The van der Waals surface area contributed by atoms with Crippen LogP contribution in [0.15, 0.2) is 118 Å². The molecule has 0 spiro atoms. The van der Waals surface area contributed by atoms with E-state index in [0.29, 0.717) is 23.9 Å². The molecule has 0 aliphatic heterocycles. The topological polar surface area (TPSA) is 35.5 Å². The van der Waals surface area contributed by atoms with Crippen molar-refractivity contribution in [3.63, 3.8) is 0 Å². The minimum absolute atomic E-state index is 0.276. The lowest BCUT2D eigenvalue weighted by Crippen LogP contribution is -2.09. The number of rotatable bonds is 23. The summed E-state index contributed by atoms with van der Waals surface area (Å²) in [6.07, 6.45) is 33.0. The number of methoxy groups -OCH3 is 1. The second-order valence-electron chi connectivity index (χ2n) is 9.79. The van der Waals surface area contributed by atoms with Crippen molar-refractivity contribution in [3.8, 4) is 0 Å². The first-order valence-electron chi connectivity index (χ1n) is 14.9. The summed E-state index contributed by atoms with van der Waals surface area (Å²) >= 11 is 3.13. The fourth-order valence-corrected chi connectivity index (χ4v) is 5.41. The van der Waals surface area contributed by atoms with Gasteiger partial charge in [-0.05, 0) is 71.8 Å². The fourth-order valence-electron chi connectivity index (χ4n) is 3.55. The highest BCUT2D eigenvalue weighted by Crippen LogP contribution is 2.36. The molecule has 5 heteroatoms. The highest BCUT2D eigenvalue weighted by Gasteiger charge is 2.17. The molecule has 42 heavy (non-hydrogen) atoms. The highest BCUT2D eigenvalue weighted by molar-refractivity contribution is 8.24. The van der Waals surface area contributed by atoms with Crippen LogP contribution >= 0.6 is 23.5 Å². The van der Waals surface area contributed by atoms with Gasteiger partial charge in [-0.2, -0.15) is 0 Å². The van der Waals surface area contributed by atoms with Crippen molar-refractivity contribution in [2.45, 2.75) is 79.6 Å². The first-order chi connectivity index (χ1) is 20.3. The molecule has 0 bridgehead atoms. The van der Waals surface area contributed by atoms with Gasteiger partial charge in [0.1, 0.15) is 0 Å². The molecule has 0 N–H and O–H groups in total. The molecule has 0 heterocycles. The Morgan fingerprint density at radius 2 is 1.71 bits per heavy atom. The van der Waals surface area contributed by atoms with Crippen molar-refractivity contribution >= 4 is 29.5 Å². The van der Waals surface area contributed by atoms with Crippen molar-refractivity contribution in [2.75, 3.05) is 19.5 Å². The molecule has 0 aliphatic carbocycles. The van der Waals surface area contributed by atoms with Gasteiger partial charge in [-0.25, -0.2) is 4.79 Å². The molecular formula is C37H54O3S2. The van der Waals surface area contributed by atoms with Gasteiger partial charge in [-0.1, -0.05) is 116 Å².